The first kappa shape index (κ1) is 14.9. The molecule has 0 aliphatic rings. The first-order chi connectivity index (χ1) is 11.1. The van der Waals surface area contributed by atoms with Crippen molar-refractivity contribution in [3.8, 4) is 10.6 Å². The first-order valence-corrected chi connectivity index (χ1v) is 7.67. The van der Waals surface area contributed by atoms with Gasteiger partial charge in [0, 0.05) is 16.8 Å². The van der Waals surface area contributed by atoms with Crippen molar-refractivity contribution in [3.05, 3.63) is 71.2 Å². The van der Waals surface area contributed by atoms with Gasteiger partial charge in [-0.3, -0.25) is 9.59 Å². The SMILES string of the molecule is NC(=O)c1cccc(NC(=O)c2cnc(-c3ccccc3)s2)c1. The number of nitrogens with zero attached hydrogens (tertiary/aromatic N) is 1. The summed E-state index contributed by atoms with van der Waals surface area (Å²) in [6, 6.07) is 16.2. The lowest BCUT2D eigenvalue weighted by atomic mass is 10.2. The van der Waals surface area contributed by atoms with E-state index in [1.807, 2.05) is 30.3 Å². The minimum atomic E-state index is -0.537. The van der Waals surface area contributed by atoms with E-state index in [0.29, 0.717) is 16.1 Å². The Bertz CT molecular complexity index is 859. The molecule has 0 atom stereocenters. The standard InChI is InChI=1S/C17H13N3O2S/c18-15(21)12-7-4-8-13(9-12)20-16(22)14-10-19-17(23-14)11-5-2-1-3-6-11/h1-10H,(H2,18,21)(H,20,22). The monoisotopic (exact) mass is 323 g/mol. The molecule has 0 saturated heterocycles. The maximum absolute atomic E-state index is 12.3. The molecule has 0 bridgehead atoms. The fourth-order valence-corrected chi connectivity index (χ4v) is 2.85. The summed E-state index contributed by atoms with van der Waals surface area (Å²) in [6.45, 7) is 0. The maximum Gasteiger partial charge on any atom is 0.267 e. The Morgan fingerprint density at radius 3 is 2.57 bits per heavy atom. The molecule has 0 aliphatic carbocycles. The molecule has 0 radical (unpaired) electrons. The van der Waals surface area contributed by atoms with Gasteiger partial charge in [0.15, 0.2) is 0 Å². The quantitative estimate of drug-likeness (QED) is 0.773. The van der Waals surface area contributed by atoms with Crippen LogP contribution in [0.25, 0.3) is 10.6 Å². The molecule has 23 heavy (non-hydrogen) atoms. The third-order valence-corrected chi connectivity index (χ3v) is 4.20. The molecule has 3 N–H and O–H groups in total. The van der Waals surface area contributed by atoms with E-state index in [9.17, 15) is 9.59 Å². The lowest BCUT2D eigenvalue weighted by Gasteiger charge is -2.04. The summed E-state index contributed by atoms with van der Waals surface area (Å²) >= 11 is 1.31. The second kappa shape index (κ2) is 6.41. The minimum Gasteiger partial charge on any atom is -0.366 e. The Balaban J connectivity index is 1.78. The number of carbonyl (C=O) groups is 2. The van der Waals surface area contributed by atoms with Crippen LogP contribution >= 0.6 is 11.3 Å². The number of rotatable bonds is 4. The number of hydrogen-bond acceptors (Lipinski definition) is 4. The summed E-state index contributed by atoms with van der Waals surface area (Å²) in [5.41, 5.74) is 7.06. The van der Waals surface area contributed by atoms with Gasteiger partial charge in [0.2, 0.25) is 5.91 Å². The van der Waals surface area contributed by atoms with Gasteiger partial charge < -0.3 is 11.1 Å². The molecule has 0 unspecified atom stereocenters. The first-order valence-electron chi connectivity index (χ1n) is 6.86. The van der Waals surface area contributed by atoms with Crippen molar-refractivity contribution >= 4 is 28.8 Å². The van der Waals surface area contributed by atoms with Crippen molar-refractivity contribution in [1.82, 2.24) is 4.98 Å². The molecule has 3 rings (SSSR count). The summed E-state index contributed by atoms with van der Waals surface area (Å²) in [6.07, 6.45) is 1.54. The minimum absolute atomic E-state index is 0.272. The van der Waals surface area contributed by atoms with E-state index in [0.717, 1.165) is 10.6 Å². The smallest absolute Gasteiger partial charge is 0.267 e. The van der Waals surface area contributed by atoms with E-state index in [-0.39, 0.29) is 5.91 Å². The second-order valence-electron chi connectivity index (χ2n) is 4.79. The summed E-state index contributed by atoms with van der Waals surface area (Å²) in [7, 11) is 0. The summed E-state index contributed by atoms with van der Waals surface area (Å²) in [5, 5.41) is 3.52. The molecule has 0 saturated carbocycles. The molecule has 0 spiro atoms. The van der Waals surface area contributed by atoms with Crippen LogP contribution < -0.4 is 11.1 Å². The highest BCUT2D eigenvalue weighted by Crippen LogP contribution is 2.25. The lowest BCUT2D eigenvalue weighted by Crippen LogP contribution is -2.13. The number of nitrogens with one attached hydrogen (secondary N) is 1. The van der Waals surface area contributed by atoms with Crippen LogP contribution in [0.3, 0.4) is 0 Å². The number of hydrogen-bond donors (Lipinski definition) is 2. The van der Waals surface area contributed by atoms with Crippen LogP contribution in [0, 0.1) is 0 Å². The molecule has 2 aromatic carbocycles. The molecule has 2 amide bonds. The molecular weight excluding hydrogens is 310 g/mol. The van der Waals surface area contributed by atoms with E-state index < -0.39 is 5.91 Å². The van der Waals surface area contributed by atoms with Crippen molar-refractivity contribution in [3.63, 3.8) is 0 Å². The maximum atomic E-state index is 12.3. The summed E-state index contributed by atoms with van der Waals surface area (Å²) in [4.78, 5) is 28.2. The van der Waals surface area contributed by atoms with E-state index in [1.165, 1.54) is 11.3 Å². The zero-order valence-electron chi connectivity index (χ0n) is 12.0. The van der Waals surface area contributed by atoms with E-state index in [2.05, 4.69) is 10.3 Å². The van der Waals surface area contributed by atoms with Crippen LogP contribution in [0.2, 0.25) is 0 Å². The van der Waals surface area contributed by atoms with Crippen LogP contribution in [-0.2, 0) is 0 Å². The van der Waals surface area contributed by atoms with Gasteiger partial charge >= 0.3 is 0 Å². The van der Waals surface area contributed by atoms with Crippen LogP contribution in [-0.4, -0.2) is 16.8 Å². The van der Waals surface area contributed by atoms with Gasteiger partial charge in [0.25, 0.3) is 5.91 Å². The van der Waals surface area contributed by atoms with Crippen molar-refractivity contribution in [2.24, 2.45) is 5.73 Å². The number of aromatic nitrogens is 1. The van der Waals surface area contributed by atoms with Gasteiger partial charge in [-0.25, -0.2) is 4.98 Å². The number of anilines is 1. The third kappa shape index (κ3) is 3.44. The Labute approximate surface area is 136 Å². The average Bonchev–Trinajstić information content (AvgIpc) is 3.06. The molecule has 0 aliphatic heterocycles. The topological polar surface area (TPSA) is 85.1 Å². The fourth-order valence-electron chi connectivity index (χ4n) is 2.04. The zero-order chi connectivity index (χ0) is 16.2. The van der Waals surface area contributed by atoms with Crippen LogP contribution in [0.4, 0.5) is 5.69 Å². The van der Waals surface area contributed by atoms with Crippen LogP contribution in [0.1, 0.15) is 20.0 Å². The van der Waals surface area contributed by atoms with Gasteiger partial charge in [0.05, 0.1) is 6.20 Å². The van der Waals surface area contributed by atoms with Gasteiger partial charge in [-0.15, -0.1) is 11.3 Å². The van der Waals surface area contributed by atoms with Crippen molar-refractivity contribution in [2.45, 2.75) is 0 Å². The van der Waals surface area contributed by atoms with Crippen molar-refractivity contribution < 1.29 is 9.59 Å². The molecule has 1 heterocycles. The Morgan fingerprint density at radius 1 is 1.04 bits per heavy atom. The average molecular weight is 323 g/mol. The summed E-state index contributed by atoms with van der Waals surface area (Å²) in [5.74, 6) is -0.809. The highest BCUT2D eigenvalue weighted by atomic mass is 32.1. The highest BCUT2D eigenvalue weighted by molar-refractivity contribution is 7.17. The van der Waals surface area contributed by atoms with Gasteiger partial charge in [-0.2, -0.15) is 0 Å². The zero-order valence-corrected chi connectivity index (χ0v) is 12.8. The predicted octanol–water partition coefficient (Wildman–Crippen LogP) is 3.16. The van der Waals surface area contributed by atoms with Gasteiger partial charge in [-0.05, 0) is 18.2 Å². The number of carbonyl (C=O) groups excluding carboxylic acids is 2. The third-order valence-electron chi connectivity index (χ3n) is 3.16. The Morgan fingerprint density at radius 2 is 1.83 bits per heavy atom. The van der Waals surface area contributed by atoms with Gasteiger partial charge in [-0.1, -0.05) is 36.4 Å². The Hall–Kier alpha value is -2.99. The second-order valence-corrected chi connectivity index (χ2v) is 5.83. The summed E-state index contributed by atoms with van der Waals surface area (Å²) < 4.78 is 0. The van der Waals surface area contributed by atoms with Crippen molar-refractivity contribution in [2.75, 3.05) is 5.32 Å². The van der Waals surface area contributed by atoms with E-state index in [4.69, 9.17) is 5.73 Å². The van der Waals surface area contributed by atoms with Crippen molar-refractivity contribution in [1.29, 1.82) is 0 Å². The van der Waals surface area contributed by atoms with Crippen LogP contribution in [0.15, 0.2) is 60.8 Å². The molecule has 1 aromatic heterocycles. The molecular formula is C17H13N3O2S. The van der Waals surface area contributed by atoms with E-state index in [1.54, 1.807) is 30.5 Å². The molecule has 3 aromatic rings. The fraction of sp³-hybridized carbons (Fsp3) is 0. The molecule has 5 nitrogen and oxygen atoms in total. The number of benzene rings is 2. The molecule has 114 valence electrons. The van der Waals surface area contributed by atoms with Gasteiger partial charge in [0.1, 0.15) is 9.88 Å². The number of primary amides is 1. The number of nitrogens with two attached hydrogens (primary N) is 1. The molecule has 0 fully saturated rings. The number of thiazole rings is 1. The highest BCUT2D eigenvalue weighted by Gasteiger charge is 2.12. The van der Waals surface area contributed by atoms with E-state index >= 15 is 0 Å². The normalized spacial score (nSPS) is 10.3. The molecule has 6 heteroatoms. The number of amides is 2. The predicted molar refractivity (Wildman–Crippen MR) is 90.5 cm³/mol. The Kier molecular flexibility index (Phi) is 4.16. The lowest BCUT2D eigenvalue weighted by molar-refractivity contribution is 0.0996. The largest absolute Gasteiger partial charge is 0.366 e. The van der Waals surface area contributed by atoms with Crippen LogP contribution in [0.5, 0.6) is 0 Å².